The molecule has 0 radical (unpaired) electrons. The number of ether oxygens (including phenoxy) is 1. The van der Waals surface area contributed by atoms with Crippen LogP contribution in [0, 0.1) is 11.3 Å². The summed E-state index contributed by atoms with van der Waals surface area (Å²) < 4.78 is 12.8. The number of rotatable bonds is 8. The summed E-state index contributed by atoms with van der Waals surface area (Å²) in [5.41, 5.74) is 2.79. The molecule has 150 valence electrons. The van der Waals surface area contributed by atoms with Crippen molar-refractivity contribution < 1.29 is 9.16 Å². The van der Waals surface area contributed by atoms with Crippen molar-refractivity contribution >= 4 is 24.2 Å². The predicted molar refractivity (Wildman–Crippen MR) is 119 cm³/mol. The number of hydrogen-bond acceptors (Lipinski definition) is 4. The maximum atomic E-state index is 9.42. The molecule has 0 atom stereocenters. The molecule has 0 spiro atoms. The third-order valence-electron chi connectivity index (χ3n) is 5.23. The van der Waals surface area contributed by atoms with Crippen LogP contribution in [0.2, 0.25) is 18.1 Å². The standard InChI is InChI=1S/C22H29BrN2O2Si/c1-22(2,3)28(4,5)27-13-7-8-18-14-17(11-12-19(18)15-24)16-26-21-10-6-9-20(23)25-21/h6,9-12,14H,7-8,13,16H2,1-5H3. The number of aryl methyl sites for hydroxylation is 1. The number of nitrogens with zero attached hydrogens (tertiary/aromatic N) is 2. The summed E-state index contributed by atoms with van der Waals surface area (Å²) >= 11 is 3.34. The maximum absolute atomic E-state index is 9.42. The van der Waals surface area contributed by atoms with Gasteiger partial charge in [0.25, 0.3) is 0 Å². The molecule has 2 rings (SSSR count). The molecule has 28 heavy (non-hydrogen) atoms. The number of nitriles is 1. The lowest BCUT2D eigenvalue weighted by atomic mass is 10.0. The first-order valence-electron chi connectivity index (χ1n) is 9.53. The van der Waals surface area contributed by atoms with Crippen molar-refractivity contribution in [2.45, 2.75) is 58.4 Å². The van der Waals surface area contributed by atoms with Crippen LogP contribution in [0.15, 0.2) is 41.0 Å². The lowest BCUT2D eigenvalue weighted by molar-refractivity contribution is 0.282. The number of benzene rings is 1. The Hall–Kier alpha value is -1.68. The molecule has 0 amide bonds. The Kier molecular flexibility index (Phi) is 7.82. The zero-order valence-corrected chi connectivity index (χ0v) is 20.0. The molecular formula is C22H29BrN2O2Si. The Morgan fingerprint density at radius 3 is 2.57 bits per heavy atom. The summed E-state index contributed by atoms with van der Waals surface area (Å²) in [6.07, 6.45) is 1.72. The molecule has 0 N–H and O–H groups in total. The molecule has 0 bridgehead atoms. The number of hydrogen-bond donors (Lipinski definition) is 0. The minimum absolute atomic E-state index is 0.211. The summed E-state index contributed by atoms with van der Waals surface area (Å²) in [6.45, 7) is 12.4. The first-order valence-corrected chi connectivity index (χ1v) is 13.2. The van der Waals surface area contributed by atoms with Gasteiger partial charge in [-0.05, 0) is 70.2 Å². The first kappa shape index (κ1) is 22.6. The second-order valence-electron chi connectivity index (χ2n) is 8.40. The summed E-state index contributed by atoms with van der Waals surface area (Å²) in [4.78, 5) is 4.28. The minimum Gasteiger partial charge on any atom is -0.473 e. The van der Waals surface area contributed by atoms with Gasteiger partial charge in [0, 0.05) is 12.7 Å². The van der Waals surface area contributed by atoms with Gasteiger partial charge in [-0.15, -0.1) is 0 Å². The molecule has 0 aliphatic carbocycles. The molecule has 0 fully saturated rings. The van der Waals surface area contributed by atoms with Gasteiger partial charge in [-0.25, -0.2) is 4.98 Å². The summed E-state index contributed by atoms with van der Waals surface area (Å²) in [5, 5.41) is 9.63. The van der Waals surface area contributed by atoms with Crippen molar-refractivity contribution in [1.29, 1.82) is 5.26 Å². The smallest absolute Gasteiger partial charge is 0.214 e. The van der Waals surface area contributed by atoms with E-state index in [0.717, 1.165) is 40.7 Å². The summed E-state index contributed by atoms with van der Waals surface area (Å²) in [6, 6.07) is 13.7. The molecule has 1 heterocycles. The topological polar surface area (TPSA) is 55.1 Å². The fourth-order valence-corrected chi connectivity index (χ4v) is 3.90. The summed E-state index contributed by atoms with van der Waals surface area (Å²) in [7, 11) is -1.73. The Morgan fingerprint density at radius 1 is 1.18 bits per heavy atom. The highest BCUT2D eigenvalue weighted by atomic mass is 79.9. The monoisotopic (exact) mass is 460 g/mol. The quantitative estimate of drug-likeness (QED) is 0.265. The van der Waals surface area contributed by atoms with Gasteiger partial charge < -0.3 is 9.16 Å². The van der Waals surface area contributed by atoms with Gasteiger partial charge >= 0.3 is 0 Å². The van der Waals surface area contributed by atoms with Crippen LogP contribution in [0.4, 0.5) is 0 Å². The van der Waals surface area contributed by atoms with Gasteiger partial charge in [0.1, 0.15) is 11.2 Å². The van der Waals surface area contributed by atoms with E-state index < -0.39 is 8.32 Å². The molecule has 6 heteroatoms. The molecule has 1 aromatic heterocycles. The zero-order chi connectivity index (χ0) is 20.8. The van der Waals surface area contributed by atoms with Gasteiger partial charge in [0.15, 0.2) is 8.32 Å². The van der Waals surface area contributed by atoms with Crippen molar-refractivity contribution in [3.8, 4) is 11.9 Å². The molecule has 4 nitrogen and oxygen atoms in total. The molecule has 0 saturated heterocycles. The van der Waals surface area contributed by atoms with Gasteiger partial charge in [0.2, 0.25) is 5.88 Å². The van der Waals surface area contributed by atoms with Crippen molar-refractivity contribution in [3.05, 3.63) is 57.7 Å². The highest BCUT2D eigenvalue weighted by Gasteiger charge is 2.36. The van der Waals surface area contributed by atoms with Crippen molar-refractivity contribution in [3.63, 3.8) is 0 Å². The minimum atomic E-state index is -1.73. The van der Waals surface area contributed by atoms with E-state index in [1.165, 1.54) is 0 Å². The Balaban J connectivity index is 1.96. The van der Waals surface area contributed by atoms with Crippen LogP contribution >= 0.6 is 15.9 Å². The van der Waals surface area contributed by atoms with E-state index >= 15 is 0 Å². The molecule has 1 aromatic carbocycles. The van der Waals surface area contributed by atoms with Crippen molar-refractivity contribution in [2.75, 3.05) is 6.61 Å². The van der Waals surface area contributed by atoms with Crippen LogP contribution in [0.1, 0.15) is 43.9 Å². The van der Waals surface area contributed by atoms with E-state index in [-0.39, 0.29) is 5.04 Å². The van der Waals surface area contributed by atoms with Crippen LogP contribution < -0.4 is 4.74 Å². The number of halogens is 1. The van der Waals surface area contributed by atoms with Gasteiger partial charge in [-0.3, -0.25) is 0 Å². The van der Waals surface area contributed by atoms with E-state index in [1.54, 1.807) is 0 Å². The van der Waals surface area contributed by atoms with Gasteiger partial charge in [0.05, 0.1) is 11.6 Å². The van der Waals surface area contributed by atoms with Crippen LogP contribution in [0.5, 0.6) is 5.88 Å². The fourth-order valence-electron chi connectivity index (χ4n) is 2.49. The van der Waals surface area contributed by atoms with Crippen LogP contribution in [-0.2, 0) is 17.5 Å². The van der Waals surface area contributed by atoms with Gasteiger partial charge in [-0.1, -0.05) is 39.0 Å². The molecule has 0 unspecified atom stereocenters. The van der Waals surface area contributed by atoms with Crippen molar-refractivity contribution in [1.82, 2.24) is 4.98 Å². The van der Waals surface area contributed by atoms with E-state index in [1.807, 2.05) is 30.3 Å². The third-order valence-corrected chi connectivity index (χ3v) is 10.2. The zero-order valence-electron chi connectivity index (χ0n) is 17.4. The third kappa shape index (κ3) is 6.44. The highest BCUT2D eigenvalue weighted by Crippen LogP contribution is 2.36. The molecular weight excluding hydrogens is 432 g/mol. The Labute approximate surface area is 178 Å². The first-order chi connectivity index (χ1) is 13.1. The van der Waals surface area contributed by atoms with Crippen LogP contribution in [0.25, 0.3) is 0 Å². The second-order valence-corrected chi connectivity index (χ2v) is 14.0. The van der Waals surface area contributed by atoms with Crippen LogP contribution in [-0.4, -0.2) is 19.9 Å². The fraction of sp³-hybridized carbons (Fsp3) is 0.455. The number of pyridine rings is 1. The van der Waals surface area contributed by atoms with E-state index in [9.17, 15) is 5.26 Å². The SMILES string of the molecule is CC(C)(C)[Si](C)(C)OCCCc1cc(COc2cccc(Br)n2)ccc1C#N. The average molecular weight is 461 g/mol. The molecule has 0 saturated carbocycles. The Morgan fingerprint density at radius 2 is 1.93 bits per heavy atom. The normalized spacial score (nSPS) is 11.9. The maximum Gasteiger partial charge on any atom is 0.214 e. The van der Waals surface area contributed by atoms with Crippen LogP contribution in [0.3, 0.4) is 0 Å². The highest BCUT2D eigenvalue weighted by molar-refractivity contribution is 9.10. The Bertz CT molecular complexity index is 841. The van der Waals surface area contributed by atoms with E-state index in [2.05, 4.69) is 66.9 Å². The van der Waals surface area contributed by atoms with Gasteiger partial charge in [-0.2, -0.15) is 5.26 Å². The lowest BCUT2D eigenvalue weighted by Crippen LogP contribution is -2.41. The average Bonchev–Trinajstić information content (AvgIpc) is 2.63. The predicted octanol–water partition coefficient (Wildman–Crippen LogP) is 6.25. The second kappa shape index (κ2) is 9.68. The van der Waals surface area contributed by atoms with E-state index in [4.69, 9.17) is 9.16 Å². The van der Waals surface area contributed by atoms with Crippen molar-refractivity contribution in [2.24, 2.45) is 0 Å². The lowest BCUT2D eigenvalue weighted by Gasteiger charge is -2.36. The van der Waals surface area contributed by atoms with E-state index in [0.29, 0.717) is 12.5 Å². The molecule has 0 aliphatic rings. The number of aromatic nitrogens is 1. The molecule has 0 aliphatic heterocycles. The largest absolute Gasteiger partial charge is 0.473 e. The summed E-state index contributed by atoms with van der Waals surface area (Å²) in [5.74, 6) is 0.572. The molecule has 2 aromatic rings.